The van der Waals surface area contributed by atoms with Gasteiger partial charge in [0.05, 0.1) is 24.4 Å². The summed E-state index contributed by atoms with van der Waals surface area (Å²) in [6.07, 6.45) is 9.38. The average Bonchev–Trinajstić information content (AvgIpc) is 2.84. The third-order valence-electron chi connectivity index (χ3n) is 8.48. The standard InChI is InChI=1S/C28H39F3O2/c1-3-22-12-11-21(17-33-22)25-16-15-24(26(27(25)29)28(30)31)20-7-5-18(6-8-20)19-9-13-23(14-10-19)32-4-2/h3,15-16,18-23,28H,1,4-14,17H2,2H3. The van der Waals surface area contributed by atoms with Crippen molar-refractivity contribution in [2.75, 3.05) is 13.2 Å². The molecule has 0 bridgehead atoms. The largest absolute Gasteiger partial charge is 0.379 e. The fourth-order valence-electron chi connectivity index (χ4n) is 6.58. The third kappa shape index (κ3) is 5.67. The number of hydrogen-bond donors (Lipinski definition) is 0. The highest BCUT2D eigenvalue weighted by Crippen LogP contribution is 2.46. The highest BCUT2D eigenvalue weighted by molar-refractivity contribution is 5.39. The van der Waals surface area contributed by atoms with Crippen molar-refractivity contribution in [3.8, 4) is 0 Å². The predicted molar refractivity (Wildman–Crippen MR) is 125 cm³/mol. The lowest BCUT2D eigenvalue weighted by Crippen LogP contribution is -2.28. The molecule has 1 saturated heterocycles. The van der Waals surface area contributed by atoms with Gasteiger partial charge in [0.1, 0.15) is 5.82 Å². The number of alkyl halides is 2. The molecule has 2 atom stereocenters. The van der Waals surface area contributed by atoms with Gasteiger partial charge in [-0.15, -0.1) is 6.58 Å². The minimum atomic E-state index is -2.79. The fraction of sp³-hybridized carbons (Fsp3) is 0.714. The summed E-state index contributed by atoms with van der Waals surface area (Å²) in [5.74, 6) is 0.545. The minimum absolute atomic E-state index is 0.0254. The maximum absolute atomic E-state index is 15.4. The Labute approximate surface area is 196 Å². The number of halogens is 3. The molecule has 0 amide bonds. The van der Waals surface area contributed by atoms with Crippen LogP contribution in [0.2, 0.25) is 0 Å². The number of hydrogen-bond acceptors (Lipinski definition) is 2. The normalized spacial score (nSPS) is 33.2. The van der Waals surface area contributed by atoms with Gasteiger partial charge >= 0.3 is 0 Å². The van der Waals surface area contributed by atoms with E-state index in [9.17, 15) is 8.78 Å². The summed E-state index contributed by atoms with van der Waals surface area (Å²) in [7, 11) is 0. The summed E-state index contributed by atoms with van der Waals surface area (Å²) in [6.45, 7) is 6.93. The molecule has 0 aromatic heterocycles. The molecule has 2 unspecified atom stereocenters. The molecule has 0 radical (unpaired) electrons. The zero-order valence-corrected chi connectivity index (χ0v) is 19.9. The molecular formula is C28H39F3O2. The van der Waals surface area contributed by atoms with E-state index in [2.05, 4.69) is 13.5 Å². The van der Waals surface area contributed by atoms with Gasteiger partial charge in [-0.2, -0.15) is 0 Å². The molecule has 184 valence electrons. The number of ether oxygens (including phenoxy) is 2. The van der Waals surface area contributed by atoms with Gasteiger partial charge in [-0.1, -0.05) is 18.2 Å². The molecule has 1 aliphatic heterocycles. The first-order valence-corrected chi connectivity index (χ1v) is 13.0. The van der Waals surface area contributed by atoms with Crippen LogP contribution in [0.3, 0.4) is 0 Å². The molecule has 1 heterocycles. The van der Waals surface area contributed by atoms with Crippen molar-refractivity contribution in [1.29, 1.82) is 0 Å². The Bertz CT molecular complexity index is 772. The quantitative estimate of drug-likeness (QED) is 0.380. The second-order valence-corrected chi connectivity index (χ2v) is 10.3. The second-order valence-electron chi connectivity index (χ2n) is 10.3. The molecule has 4 rings (SSSR count). The summed E-state index contributed by atoms with van der Waals surface area (Å²) < 4.78 is 55.0. The van der Waals surface area contributed by atoms with E-state index in [0.717, 1.165) is 63.9 Å². The third-order valence-corrected chi connectivity index (χ3v) is 8.48. The van der Waals surface area contributed by atoms with Crippen LogP contribution in [0.15, 0.2) is 24.8 Å². The van der Waals surface area contributed by atoms with Crippen molar-refractivity contribution in [2.24, 2.45) is 11.8 Å². The zero-order valence-electron chi connectivity index (χ0n) is 19.9. The molecule has 2 saturated carbocycles. The van der Waals surface area contributed by atoms with Crippen molar-refractivity contribution in [3.05, 3.63) is 47.3 Å². The molecule has 0 spiro atoms. The Hall–Kier alpha value is -1.33. The number of rotatable bonds is 7. The van der Waals surface area contributed by atoms with Crippen LogP contribution in [0, 0.1) is 17.7 Å². The van der Waals surface area contributed by atoms with E-state index in [-0.39, 0.29) is 23.5 Å². The lowest BCUT2D eigenvalue weighted by atomic mass is 9.69. The Morgan fingerprint density at radius 3 is 2.09 bits per heavy atom. The van der Waals surface area contributed by atoms with E-state index in [0.29, 0.717) is 29.8 Å². The van der Waals surface area contributed by atoms with Gasteiger partial charge in [0.2, 0.25) is 0 Å². The van der Waals surface area contributed by atoms with Crippen molar-refractivity contribution in [2.45, 2.75) is 102 Å². The van der Waals surface area contributed by atoms with Gasteiger partial charge < -0.3 is 9.47 Å². The molecule has 5 heteroatoms. The molecule has 3 aliphatic rings. The average molecular weight is 465 g/mol. The van der Waals surface area contributed by atoms with Gasteiger partial charge in [-0.3, -0.25) is 0 Å². The second kappa shape index (κ2) is 11.4. The van der Waals surface area contributed by atoms with E-state index in [1.165, 1.54) is 12.8 Å². The smallest absolute Gasteiger partial charge is 0.266 e. The van der Waals surface area contributed by atoms with Gasteiger partial charge in [-0.25, -0.2) is 13.2 Å². The maximum Gasteiger partial charge on any atom is 0.266 e. The first kappa shape index (κ1) is 24.8. The van der Waals surface area contributed by atoms with Gasteiger partial charge in [-0.05, 0) is 100 Å². The molecule has 2 aliphatic carbocycles. The van der Waals surface area contributed by atoms with Crippen LogP contribution < -0.4 is 0 Å². The summed E-state index contributed by atoms with van der Waals surface area (Å²) in [5.41, 5.74) is 0.556. The lowest BCUT2D eigenvalue weighted by Gasteiger charge is -2.38. The Balaban J connectivity index is 1.41. The molecule has 0 N–H and O–H groups in total. The van der Waals surface area contributed by atoms with Crippen LogP contribution >= 0.6 is 0 Å². The van der Waals surface area contributed by atoms with Crippen LogP contribution in [0.25, 0.3) is 0 Å². The first-order chi connectivity index (χ1) is 16.0. The summed E-state index contributed by atoms with van der Waals surface area (Å²) in [6, 6.07) is 3.54. The Morgan fingerprint density at radius 2 is 1.55 bits per heavy atom. The summed E-state index contributed by atoms with van der Waals surface area (Å²) in [4.78, 5) is 0. The Morgan fingerprint density at radius 1 is 0.939 bits per heavy atom. The molecule has 3 fully saturated rings. The molecule has 2 nitrogen and oxygen atoms in total. The first-order valence-electron chi connectivity index (χ1n) is 13.0. The van der Waals surface area contributed by atoms with E-state index < -0.39 is 12.2 Å². The van der Waals surface area contributed by atoms with Crippen molar-refractivity contribution in [3.63, 3.8) is 0 Å². The van der Waals surface area contributed by atoms with Crippen molar-refractivity contribution < 1.29 is 22.6 Å². The zero-order chi connectivity index (χ0) is 23.4. The highest BCUT2D eigenvalue weighted by atomic mass is 19.3. The minimum Gasteiger partial charge on any atom is -0.379 e. The van der Waals surface area contributed by atoms with Crippen LogP contribution in [0.4, 0.5) is 13.2 Å². The number of benzene rings is 1. The van der Waals surface area contributed by atoms with Crippen LogP contribution in [0.1, 0.15) is 106 Å². The topological polar surface area (TPSA) is 18.5 Å². The van der Waals surface area contributed by atoms with Gasteiger partial charge in [0.15, 0.2) is 0 Å². The lowest BCUT2D eigenvalue weighted by molar-refractivity contribution is 0.0145. The van der Waals surface area contributed by atoms with Gasteiger partial charge in [0.25, 0.3) is 6.43 Å². The van der Waals surface area contributed by atoms with Crippen LogP contribution in [0.5, 0.6) is 0 Å². The molecule has 1 aromatic carbocycles. The van der Waals surface area contributed by atoms with Crippen molar-refractivity contribution in [1.82, 2.24) is 0 Å². The SMILES string of the molecule is C=CC1CCC(c2ccc(C3CCC(C4CCC(OCC)CC4)CC3)c(C(F)F)c2F)CO1. The summed E-state index contributed by atoms with van der Waals surface area (Å²) in [5, 5.41) is 0. The van der Waals surface area contributed by atoms with Crippen LogP contribution in [-0.2, 0) is 9.47 Å². The fourth-order valence-corrected chi connectivity index (χ4v) is 6.58. The van der Waals surface area contributed by atoms with E-state index in [1.807, 2.05) is 0 Å². The van der Waals surface area contributed by atoms with E-state index in [4.69, 9.17) is 9.47 Å². The van der Waals surface area contributed by atoms with Crippen LogP contribution in [-0.4, -0.2) is 25.4 Å². The maximum atomic E-state index is 15.4. The van der Waals surface area contributed by atoms with Gasteiger partial charge in [0, 0.05) is 12.5 Å². The molecular weight excluding hydrogens is 425 g/mol. The summed E-state index contributed by atoms with van der Waals surface area (Å²) >= 11 is 0. The van der Waals surface area contributed by atoms with E-state index in [1.54, 1.807) is 18.2 Å². The molecule has 33 heavy (non-hydrogen) atoms. The highest BCUT2D eigenvalue weighted by Gasteiger charge is 2.34. The monoisotopic (exact) mass is 464 g/mol. The molecule has 1 aromatic rings. The van der Waals surface area contributed by atoms with Crippen molar-refractivity contribution >= 4 is 0 Å². The predicted octanol–water partition coefficient (Wildman–Crippen LogP) is 8.08. The Kier molecular flexibility index (Phi) is 8.56. The van der Waals surface area contributed by atoms with E-state index >= 15 is 4.39 Å².